The molecule has 2 N–H and O–H groups in total. The fraction of sp³-hybridized carbons (Fsp3) is 1.00. The largest absolute Gasteiger partial charge is 0.394 e. The standard InChI is InChI=1S/C3H8NO2/c4-3-6-2-1-5/h4-5H,1-3H2. The number of ether oxygens (including phenoxy) is 1. The Labute approximate surface area is 36.7 Å². The van der Waals surface area contributed by atoms with Crippen LogP contribution in [0.4, 0.5) is 0 Å². The van der Waals surface area contributed by atoms with Crippen LogP contribution in [0.3, 0.4) is 0 Å². The van der Waals surface area contributed by atoms with Crippen LogP contribution in [0.5, 0.6) is 0 Å². The Balaban J connectivity index is 2.34. The summed E-state index contributed by atoms with van der Waals surface area (Å²) in [7, 11) is 0. The van der Waals surface area contributed by atoms with Gasteiger partial charge in [-0.2, -0.15) is 0 Å². The zero-order valence-electron chi connectivity index (χ0n) is 3.48. The predicted molar refractivity (Wildman–Crippen MR) is 21.0 cm³/mol. The van der Waals surface area contributed by atoms with Crippen LogP contribution in [0.25, 0.3) is 0 Å². The Morgan fingerprint density at radius 3 is 2.50 bits per heavy atom. The molecule has 0 aliphatic heterocycles. The molecule has 3 nitrogen and oxygen atoms in total. The van der Waals surface area contributed by atoms with Crippen molar-refractivity contribution in [3.05, 3.63) is 0 Å². The van der Waals surface area contributed by atoms with Gasteiger partial charge in [0.2, 0.25) is 0 Å². The zero-order chi connectivity index (χ0) is 4.83. The molecule has 0 rings (SSSR count). The molecule has 0 spiro atoms. The molecule has 0 aliphatic carbocycles. The van der Waals surface area contributed by atoms with Crippen molar-refractivity contribution in [2.24, 2.45) is 0 Å². The second-order valence-corrected chi connectivity index (χ2v) is 0.776. The van der Waals surface area contributed by atoms with Crippen LogP contribution in [0.2, 0.25) is 0 Å². The maximum Gasteiger partial charge on any atom is 0.109 e. The molecule has 0 unspecified atom stereocenters. The quantitative estimate of drug-likeness (QED) is 0.463. The fourth-order valence-electron chi connectivity index (χ4n) is 0.137. The number of aliphatic hydroxyl groups is 1. The van der Waals surface area contributed by atoms with Gasteiger partial charge < -0.3 is 9.84 Å². The lowest BCUT2D eigenvalue weighted by Crippen LogP contribution is -1.99. The highest BCUT2D eigenvalue weighted by atomic mass is 16.5. The zero-order valence-corrected chi connectivity index (χ0v) is 3.48. The average molecular weight is 90.1 g/mol. The Hall–Kier alpha value is -0.120. The molecule has 0 aliphatic rings. The summed E-state index contributed by atoms with van der Waals surface area (Å²) in [6, 6.07) is 0. The molecule has 0 saturated carbocycles. The van der Waals surface area contributed by atoms with Gasteiger partial charge in [-0.25, -0.2) is 5.73 Å². The van der Waals surface area contributed by atoms with E-state index in [0.29, 0.717) is 0 Å². The first-order valence-electron chi connectivity index (χ1n) is 1.75. The molecule has 1 radical (unpaired) electrons. The van der Waals surface area contributed by atoms with Gasteiger partial charge in [-0.15, -0.1) is 0 Å². The van der Waals surface area contributed by atoms with E-state index in [0.717, 1.165) is 0 Å². The van der Waals surface area contributed by atoms with Gasteiger partial charge in [0, 0.05) is 0 Å². The van der Waals surface area contributed by atoms with E-state index in [2.05, 4.69) is 4.74 Å². The lowest BCUT2D eigenvalue weighted by molar-refractivity contribution is 0.0940. The van der Waals surface area contributed by atoms with Gasteiger partial charge in [-0.1, -0.05) is 0 Å². The molecule has 37 valence electrons. The van der Waals surface area contributed by atoms with Crippen LogP contribution in [0, 0.1) is 0 Å². The van der Waals surface area contributed by atoms with E-state index >= 15 is 0 Å². The summed E-state index contributed by atoms with van der Waals surface area (Å²) >= 11 is 0. The maximum atomic E-state index is 7.99. The lowest BCUT2D eigenvalue weighted by atomic mass is 10.8. The summed E-state index contributed by atoms with van der Waals surface area (Å²) in [4.78, 5) is 0. The van der Waals surface area contributed by atoms with Crippen molar-refractivity contribution < 1.29 is 9.84 Å². The van der Waals surface area contributed by atoms with Crippen LogP contribution in [0.15, 0.2) is 0 Å². The molecule has 6 heavy (non-hydrogen) atoms. The van der Waals surface area contributed by atoms with Gasteiger partial charge in [0.15, 0.2) is 0 Å². The van der Waals surface area contributed by atoms with Crippen LogP contribution in [-0.4, -0.2) is 25.1 Å². The molecule has 0 bridgehead atoms. The van der Waals surface area contributed by atoms with Crippen LogP contribution >= 0.6 is 0 Å². The smallest absolute Gasteiger partial charge is 0.109 e. The van der Waals surface area contributed by atoms with Crippen molar-refractivity contribution >= 4 is 0 Å². The summed E-state index contributed by atoms with van der Waals surface area (Å²) in [6.45, 7) is 0.239. The Morgan fingerprint density at radius 2 is 2.33 bits per heavy atom. The normalized spacial score (nSPS) is 9.00. The minimum Gasteiger partial charge on any atom is -0.394 e. The van der Waals surface area contributed by atoms with Crippen molar-refractivity contribution in [3.8, 4) is 0 Å². The molecule has 0 aromatic rings. The van der Waals surface area contributed by atoms with E-state index in [-0.39, 0.29) is 19.9 Å². The molecule has 0 aromatic heterocycles. The topological polar surface area (TPSA) is 53.3 Å². The molecule has 0 heterocycles. The predicted octanol–water partition coefficient (Wildman–Crippen LogP) is -0.764. The van der Waals surface area contributed by atoms with E-state index in [1.165, 1.54) is 0 Å². The summed E-state index contributed by atoms with van der Waals surface area (Å²) in [6.07, 6.45) is 0. The van der Waals surface area contributed by atoms with Crippen LogP contribution in [0.1, 0.15) is 0 Å². The van der Waals surface area contributed by atoms with Crippen molar-refractivity contribution in [2.45, 2.75) is 0 Å². The Morgan fingerprint density at radius 1 is 1.67 bits per heavy atom. The molecule has 0 saturated heterocycles. The van der Waals surface area contributed by atoms with Gasteiger partial charge in [0.05, 0.1) is 13.2 Å². The van der Waals surface area contributed by atoms with E-state index < -0.39 is 0 Å². The van der Waals surface area contributed by atoms with E-state index in [9.17, 15) is 0 Å². The molecule has 0 aromatic carbocycles. The number of aliphatic hydroxyl groups excluding tert-OH is 1. The van der Waals surface area contributed by atoms with Gasteiger partial charge in [0.1, 0.15) is 6.73 Å². The number of nitrogens with one attached hydrogen (secondary N) is 1. The van der Waals surface area contributed by atoms with Crippen molar-refractivity contribution in [1.29, 1.82) is 0 Å². The summed E-state index contributed by atoms with van der Waals surface area (Å²) in [5.74, 6) is 0. The average Bonchev–Trinajstić information content (AvgIpc) is 1.61. The van der Waals surface area contributed by atoms with Crippen LogP contribution < -0.4 is 5.73 Å². The summed E-state index contributed by atoms with van der Waals surface area (Å²) in [5.41, 5.74) is 6.37. The molecule has 0 fully saturated rings. The third kappa shape index (κ3) is 3.88. The molecule has 0 atom stereocenters. The van der Waals surface area contributed by atoms with Crippen molar-refractivity contribution in [2.75, 3.05) is 19.9 Å². The first-order chi connectivity index (χ1) is 2.91. The minimum absolute atomic E-state index is 0.0128. The maximum absolute atomic E-state index is 7.99. The summed E-state index contributed by atoms with van der Waals surface area (Å²) in [5, 5.41) is 7.99. The third-order valence-electron chi connectivity index (χ3n) is 0.338. The number of hydrogen-bond acceptors (Lipinski definition) is 2. The fourth-order valence-corrected chi connectivity index (χ4v) is 0.137. The van der Waals surface area contributed by atoms with Gasteiger partial charge >= 0.3 is 0 Å². The Kier molecular flexibility index (Phi) is 4.78. The van der Waals surface area contributed by atoms with Crippen molar-refractivity contribution in [3.63, 3.8) is 0 Å². The molecular formula is C3H8NO2. The van der Waals surface area contributed by atoms with E-state index in [4.69, 9.17) is 10.8 Å². The summed E-state index contributed by atoms with van der Waals surface area (Å²) < 4.78 is 4.40. The monoisotopic (exact) mass is 90.1 g/mol. The second-order valence-electron chi connectivity index (χ2n) is 0.776. The van der Waals surface area contributed by atoms with Gasteiger partial charge in [-0.3, -0.25) is 0 Å². The number of hydrogen-bond donors (Lipinski definition) is 1. The molecule has 0 amide bonds. The lowest BCUT2D eigenvalue weighted by Gasteiger charge is -1.90. The highest BCUT2D eigenvalue weighted by molar-refractivity contribution is 4.16. The highest BCUT2D eigenvalue weighted by Gasteiger charge is 1.74. The number of rotatable bonds is 3. The van der Waals surface area contributed by atoms with Gasteiger partial charge in [0.25, 0.3) is 0 Å². The minimum atomic E-state index is -0.0550. The molecular weight excluding hydrogens is 82.0 g/mol. The van der Waals surface area contributed by atoms with E-state index in [1.54, 1.807) is 0 Å². The van der Waals surface area contributed by atoms with Crippen molar-refractivity contribution in [1.82, 2.24) is 5.73 Å². The van der Waals surface area contributed by atoms with E-state index in [1.807, 2.05) is 0 Å². The first kappa shape index (κ1) is 5.88. The van der Waals surface area contributed by atoms with Gasteiger partial charge in [-0.05, 0) is 0 Å². The third-order valence-corrected chi connectivity index (χ3v) is 0.338. The SMILES string of the molecule is [NH]COCCO. The highest BCUT2D eigenvalue weighted by Crippen LogP contribution is 1.62. The first-order valence-corrected chi connectivity index (χ1v) is 1.75. The second kappa shape index (κ2) is 4.88. The molecule has 3 heteroatoms. The van der Waals surface area contributed by atoms with Crippen LogP contribution in [-0.2, 0) is 4.74 Å². The Bertz CT molecular complexity index is 20.8.